The standard InChI is InChI=1S/C19H30ClN5O3/c1-11-7-14(12(2)13(3)19(11,4)5)24-15-8-22-25(18(27)17(15)20)9-16(26)21-10-23-28-6/h8,10-14,24H,7,9H2,1-6H3,(H,21,23,26)/t11-,12+,13+,14+/m0/s1. The Morgan fingerprint density at radius 3 is 2.79 bits per heavy atom. The minimum Gasteiger partial charge on any atom is -0.398 e. The fourth-order valence-electron chi connectivity index (χ4n) is 3.78. The second kappa shape index (κ2) is 8.94. The summed E-state index contributed by atoms with van der Waals surface area (Å²) in [6.07, 6.45) is 3.58. The third kappa shape index (κ3) is 4.66. The van der Waals surface area contributed by atoms with Gasteiger partial charge in [0.15, 0.2) is 0 Å². The first-order valence-electron chi connectivity index (χ1n) is 9.46. The molecular weight excluding hydrogens is 382 g/mol. The van der Waals surface area contributed by atoms with Crippen molar-refractivity contribution in [3.63, 3.8) is 0 Å². The number of aromatic nitrogens is 2. The van der Waals surface area contributed by atoms with Gasteiger partial charge in [0, 0.05) is 6.04 Å². The Morgan fingerprint density at radius 2 is 2.14 bits per heavy atom. The largest absolute Gasteiger partial charge is 0.398 e. The molecule has 0 aromatic carbocycles. The van der Waals surface area contributed by atoms with Gasteiger partial charge in [0.1, 0.15) is 25.0 Å². The van der Waals surface area contributed by atoms with Gasteiger partial charge >= 0.3 is 0 Å². The van der Waals surface area contributed by atoms with E-state index in [2.05, 4.69) is 60.3 Å². The molecule has 28 heavy (non-hydrogen) atoms. The highest BCUT2D eigenvalue weighted by molar-refractivity contribution is 6.32. The second-order valence-corrected chi connectivity index (χ2v) is 8.55. The average molecular weight is 412 g/mol. The van der Waals surface area contributed by atoms with Crippen molar-refractivity contribution in [1.82, 2.24) is 15.1 Å². The van der Waals surface area contributed by atoms with E-state index in [-0.39, 0.29) is 23.0 Å². The number of oxime groups is 1. The van der Waals surface area contributed by atoms with Crippen molar-refractivity contribution < 1.29 is 9.63 Å². The topological polar surface area (TPSA) is 97.6 Å². The summed E-state index contributed by atoms with van der Waals surface area (Å²) in [4.78, 5) is 28.8. The molecule has 1 aromatic rings. The molecule has 0 saturated heterocycles. The van der Waals surface area contributed by atoms with Crippen LogP contribution in [0.15, 0.2) is 16.1 Å². The van der Waals surface area contributed by atoms with Gasteiger partial charge in [-0.05, 0) is 29.6 Å². The zero-order valence-corrected chi connectivity index (χ0v) is 18.1. The van der Waals surface area contributed by atoms with Crippen molar-refractivity contribution in [2.24, 2.45) is 28.3 Å². The minimum atomic E-state index is -0.518. The van der Waals surface area contributed by atoms with E-state index in [9.17, 15) is 9.59 Å². The smallest absolute Gasteiger partial charge is 0.288 e. The molecule has 8 nitrogen and oxygen atoms in total. The molecule has 1 amide bonds. The fourth-order valence-corrected chi connectivity index (χ4v) is 3.98. The Bertz CT molecular complexity index is 792. The molecule has 0 aliphatic heterocycles. The van der Waals surface area contributed by atoms with Crippen LogP contribution >= 0.6 is 11.6 Å². The Kier molecular flexibility index (Phi) is 7.09. The van der Waals surface area contributed by atoms with E-state index in [1.54, 1.807) is 0 Å². The van der Waals surface area contributed by atoms with Gasteiger partial charge in [-0.2, -0.15) is 5.10 Å². The van der Waals surface area contributed by atoms with Crippen LogP contribution < -0.4 is 16.2 Å². The van der Waals surface area contributed by atoms with Crippen LogP contribution in [0.1, 0.15) is 41.0 Å². The molecule has 156 valence electrons. The Balaban J connectivity index is 2.14. The quantitative estimate of drug-likeness (QED) is 0.426. The monoisotopic (exact) mass is 411 g/mol. The highest BCUT2D eigenvalue weighted by atomic mass is 35.5. The number of hydrogen-bond acceptors (Lipinski definition) is 6. The van der Waals surface area contributed by atoms with Crippen LogP contribution in [0.5, 0.6) is 0 Å². The fraction of sp³-hybridized carbons (Fsp3) is 0.684. The number of halogens is 1. The summed E-state index contributed by atoms with van der Waals surface area (Å²) >= 11 is 6.29. The summed E-state index contributed by atoms with van der Waals surface area (Å²) in [7, 11) is 1.36. The molecule has 1 heterocycles. The number of rotatable bonds is 6. The van der Waals surface area contributed by atoms with Crippen LogP contribution in [-0.4, -0.2) is 35.2 Å². The number of carbonyl (C=O) groups is 1. The Labute approximate surface area is 170 Å². The molecule has 9 heteroatoms. The number of nitrogens with one attached hydrogen (secondary N) is 2. The van der Waals surface area contributed by atoms with Gasteiger partial charge in [-0.3, -0.25) is 9.59 Å². The second-order valence-electron chi connectivity index (χ2n) is 8.18. The van der Waals surface area contributed by atoms with Gasteiger partial charge in [0.25, 0.3) is 5.56 Å². The van der Waals surface area contributed by atoms with Gasteiger partial charge in [0.2, 0.25) is 5.91 Å². The third-order valence-corrected chi connectivity index (χ3v) is 6.84. The van der Waals surface area contributed by atoms with Crippen LogP contribution in [0.3, 0.4) is 0 Å². The molecule has 0 bridgehead atoms. The maximum Gasteiger partial charge on any atom is 0.288 e. The van der Waals surface area contributed by atoms with Crippen LogP contribution in [-0.2, 0) is 16.2 Å². The van der Waals surface area contributed by atoms with Crippen LogP contribution in [0.25, 0.3) is 0 Å². The summed E-state index contributed by atoms with van der Waals surface area (Å²) in [5.41, 5.74) is 0.235. The van der Waals surface area contributed by atoms with Crippen molar-refractivity contribution in [2.75, 3.05) is 12.4 Å². The molecule has 2 rings (SSSR count). The van der Waals surface area contributed by atoms with Crippen LogP contribution in [0, 0.1) is 23.2 Å². The maximum absolute atomic E-state index is 12.5. The predicted octanol–water partition coefficient (Wildman–Crippen LogP) is 2.72. The number of anilines is 1. The van der Waals surface area contributed by atoms with E-state index >= 15 is 0 Å². The zero-order valence-electron chi connectivity index (χ0n) is 17.3. The lowest BCUT2D eigenvalue weighted by Gasteiger charge is -2.50. The molecule has 2 N–H and O–H groups in total. The molecular formula is C19H30ClN5O3. The lowest BCUT2D eigenvalue weighted by atomic mass is 9.58. The average Bonchev–Trinajstić information content (AvgIpc) is 2.64. The molecule has 1 fully saturated rings. The Hall–Kier alpha value is -2.09. The van der Waals surface area contributed by atoms with Crippen molar-refractivity contribution in [2.45, 2.75) is 53.6 Å². The van der Waals surface area contributed by atoms with Crippen LogP contribution in [0.2, 0.25) is 5.02 Å². The number of nitrogens with zero attached hydrogens (tertiary/aromatic N) is 3. The Morgan fingerprint density at radius 1 is 1.46 bits per heavy atom. The van der Waals surface area contributed by atoms with Gasteiger partial charge < -0.3 is 15.5 Å². The van der Waals surface area contributed by atoms with E-state index in [1.807, 2.05) is 0 Å². The highest BCUT2D eigenvalue weighted by Gasteiger charge is 2.43. The first kappa shape index (κ1) is 22.2. The molecule has 1 saturated carbocycles. The molecule has 0 radical (unpaired) electrons. The van der Waals surface area contributed by atoms with E-state index in [1.165, 1.54) is 13.3 Å². The molecule has 0 unspecified atom stereocenters. The van der Waals surface area contributed by atoms with Gasteiger partial charge in [-0.1, -0.05) is 51.4 Å². The minimum absolute atomic E-state index is 0.0331. The summed E-state index contributed by atoms with van der Waals surface area (Å²) in [6.45, 7) is 11.1. The van der Waals surface area contributed by atoms with E-state index in [4.69, 9.17) is 11.6 Å². The van der Waals surface area contributed by atoms with Gasteiger partial charge in [0.05, 0.1) is 11.9 Å². The number of amides is 1. The van der Waals surface area contributed by atoms with Crippen molar-refractivity contribution in [3.8, 4) is 0 Å². The first-order valence-corrected chi connectivity index (χ1v) is 9.83. The molecule has 4 atom stereocenters. The van der Waals surface area contributed by atoms with Crippen molar-refractivity contribution in [3.05, 3.63) is 21.6 Å². The first-order chi connectivity index (χ1) is 13.1. The molecule has 0 spiro atoms. The van der Waals surface area contributed by atoms with Gasteiger partial charge in [-0.25, -0.2) is 4.68 Å². The van der Waals surface area contributed by atoms with E-state index in [0.29, 0.717) is 23.4 Å². The summed E-state index contributed by atoms with van der Waals surface area (Å²) in [5.74, 6) is 0.993. The predicted molar refractivity (Wildman–Crippen MR) is 110 cm³/mol. The summed E-state index contributed by atoms with van der Waals surface area (Å²) in [6, 6.07) is 0.195. The molecule has 1 aromatic heterocycles. The van der Waals surface area contributed by atoms with Crippen molar-refractivity contribution in [1.29, 1.82) is 0 Å². The highest BCUT2D eigenvalue weighted by Crippen LogP contribution is 2.48. The van der Waals surface area contributed by atoms with Crippen LogP contribution in [0.4, 0.5) is 5.69 Å². The van der Waals surface area contributed by atoms with Crippen molar-refractivity contribution >= 4 is 29.5 Å². The van der Waals surface area contributed by atoms with E-state index in [0.717, 1.165) is 17.4 Å². The summed E-state index contributed by atoms with van der Waals surface area (Å²) in [5, 5.41) is 13.3. The molecule has 1 aliphatic carbocycles. The zero-order chi connectivity index (χ0) is 21.1. The normalized spacial score (nSPS) is 26.8. The number of carbonyl (C=O) groups excluding carboxylic acids is 1. The lowest BCUT2D eigenvalue weighted by molar-refractivity contribution is -0.120. The number of hydrogen-bond donors (Lipinski definition) is 2. The van der Waals surface area contributed by atoms with E-state index < -0.39 is 11.5 Å². The lowest BCUT2D eigenvalue weighted by Crippen LogP contribution is -2.48. The van der Waals surface area contributed by atoms with Gasteiger partial charge in [-0.15, -0.1) is 0 Å². The summed E-state index contributed by atoms with van der Waals surface area (Å²) < 4.78 is 1.02. The SMILES string of the molecule is CO/N=C\NC(=O)Cn1ncc(N[C@@H]2C[C@H](C)C(C)(C)[C@H](C)[C@H]2C)c(Cl)c1=O. The third-order valence-electron chi connectivity index (χ3n) is 6.48. The maximum atomic E-state index is 12.5. The molecule has 1 aliphatic rings.